The number of carbonyl (C=O) groups excluding carboxylic acids is 1. The summed E-state index contributed by atoms with van der Waals surface area (Å²) in [6, 6.07) is 11.0. The summed E-state index contributed by atoms with van der Waals surface area (Å²) in [5.74, 6) is 1.38. The van der Waals surface area contributed by atoms with Crippen LogP contribution in [-0.4, -0.2) is 54.5 Å². The van der Waals surface area contributed by atoms with Crippen molar-refractivity contribution >= 4 is 68.5 Å². The molecule has 1 N–H and O–H groups in total. The van der Waals surface area contributed by atoms with Crippen molar-refractivity contribution in [2.45, 2.75) is 0 Å². The lowest BCUT2D eigenvalue weighted by Gasteiger charge is -2.16. The summed E-state index contributed by atoms with van der Waals surface area (Å²) in [6.07, 6.45) is 3.50. The van der Waals surface area contributed by atoms with Gasteiger partial charge in [-0.2, -0.15) is 0 Å². The quantitative estimate of drug-likeness (QED) is 0.323. The molecule has 0 spiro atoms. The van der Waals surface area contributed by atoms with Crippen LogP contribution in [0, 0.1) is 0 Å². The fourth-order valence-corrected chi connectivity index (χ4v) is 5.08. The van der Waals surface area contributed by atoms with Crippen LogP contribution in [0.25, 0.3) is 17.0 Å². The lowest BCUT2D eigenvalue weighted by atomic mass is 10.1. The van der Waals surface area contributed by atoms with Gasteiger partial charge in [0.2, 0.25) is 5.75 Å². The summed E-state index contributed by atoms with van der Waals surface area (Å²) in [5, 5.41) is 4.96. The van der Waals surface area contributed by atoms with Gasteiger partial charge in [0.15, 0.2) is 11.5 Å². The van der Waals surface area contributed by atoms with Crippen molar-refractivity contribution in [1.82, 2.24) is 9.88 Å². The molecule has 1 fully saturated rings. The van der Waals surface area contributed by atoms with Gasteiger partial charge in [0, 0.05) is 35.4 Å². The van der Waals surface area contributed by atoms with Gasteiger partial charge in [0.1, 0.15) is 4.32 Å². The molecule has 4 rings (SSSR count). The number of ether oxygens (including phenoxy) is 3. The van der Waals surface area contributed by atoms with Crippen LogP contribution in [0.4, 0.5) is 5.69 Å². The fraction of sp³-hybridized carbons (Fsp3) is 0.208. The number of thiocarbonyl (C=S) groups is 1. The third-order valence-corrected chi connectivity index (χ3v) is 6.83. The number of aromatic nitrogens is 1. The number of anilines is 1. The Morgan fingerprint density at radius 2 is 1.85 bits per heavy atom. The molecule has 0 saturated carbocycles. The highest BCUT2D eigenvalue weighted by Gasteiger charge is 2.31. The molecule has 2 aromatic carbocycles. The molecule has 0 bridgehead atoms. The van der Waals surface area contributed by atoms with Gasteiger partial charge in [-0.3, -0.25) is 14.7 Å². The highest BCUT2D eigenvalue weighted by atomic mass is 35.5. The molecule has 3 aromatic rings. The number of carbonyl (C=O) groups is 1. The average Bonchev–Trinajstić information content (AvgIpc) is 3.10. The molecule has 0 atom stereocenters. The molecule has 10 heteroatoms. The molecule has 1 aliphatic rings. The van der Waals surface area contributed by atoms with Crippen molar-refractivity contribution in [2.24, 2.45) is 0 Å². The molecule has 176 valence electrons. The number of thioether (sulfide) groups is 1. The first-order chi connectivity index (χ1) is 16.4. The summed E-state index contributed by atoms with van der Waals surface area (Å²) < 4.78 is 16.7. The van der Waals surface area contributed by atoms with Gasteiger partial charge in [0.05, 0.1) is 31.8 Å². The largest absolute Gasteiger partial charge is 0.493 e. The van der Waals surface area contributed by atoms with E-state index in [2.05, 4.69) is 10.3 Å². The van der Waals surface area contributed by atoms with Gasteiger partial charge in [-0.15, -0.1) is 0 Å². The minimum absolute atomic E-state index is 0.142. The van der Waals surface area contributed by atoms with Gasteiger partial charge in [-0.25, -0.2) is 0 Å². The van der Waals surface area contributed by atoms with Crippen LogP contribution in [-0.2, 0) is 4.79 Å². The van der Waals surface area contributed by atoms with Crippen LogP contribution < -0.4 is 19.5 Å². The first-order valence-electron chi connectivity index (χ1n) is 10.3. The van der Waals surface area contributed by atoms with Crippen LogP contribution in [0.15, 0.2) is 47.5 Å². The van der Waals surface area contributed by atoms with E-state index in [1.54, 1.807) is 50.6 Å². The number of hydrogen-bond acceptors (Lipinski definition) is 8. The number of fused-ring (bicyclic) bond motifs is 1. The molecule has 1 saturated heterocycles. The third-order valence-electron chi connectivity index (χ3n) is 5.21. The van der Waals surface area contributed by atoms with E-state index in [1.165, 1.54) is 11.8 Å². The lowest BCUT2D eigenvalue weighted by Crippen LogP contribution is -2.32. The molecule has 2 heterocycles. The third kappa shape index (κ3) is 4.91. The highest BCUT2D eigenvalue weighted by molar-refractivity contribution is 8.26. The number of benzene rings is 2. The van der Waals surface area contributed by atoms with E-state index >= 15 is 0 Å². The molecule has 1 aromatic heterocycles. The number of hydrogen-bond donors (Lipinski definition) is 1. The maximum Gasteiger partial charge on any atom is 0.266 e. The summed E-state index contributed by atoms with van der Waals surface area (Å²) >= 11 is 12.8. The number of pyridine rings is 1. The van der Waals surface area contributed by atoms with Crippen molar-refractivity contribution < 1.29 is 19.0 Å². The molecule has 0 unspecified atom stereocenters. The minimum atomic E-state index is -0.142. The van der Waals surface area contributed by atoms with E-state index in [1.807, 2.05) is 24.3 Å². The molecule has 0 aliphatic carbocycles. The van der Waals surface area contributed by atoms with Gasteiger partial charge in [-0.05, 0) is 48.0 Å². The minimum Gasteiger partial charge on any atom is -0.493 e. The Bertz CT molecular complexity index is 1270. The van der Waals surface area contributed by atoms with Crippen LogP contribution in [0.5, 0.6) is 17.2 Å². The van der Waals surface area contributed by atoms with Crippen molar-refractivity contribution in [2.75, 3.05) is 39.7 Å². The molecule has 7 nitrogen and oxygen atoms in total. The molecular formula is C24H22ClN3O4S2. The second-order valence-corrected chi connectivity index (χ2v) is 9.35. The number of nitrogens with zero attached hydrogens (tertiary/aromatic N) is 2. The number of amides is 1. The molecular weight excluding hydrogens is 494 g/mol. The van der Waals surface area contributed by atoms with E-state index < -0.39 is 0 Å². The number of nitrogens with one attached hydrogen (secondary N) is 1. The zero-order chi connectivity index (χ0) is 24.2. The van der Waals surface area contributed by atoms with Crippen LogP contribution >= 0.6 is 35.6 Å². The van der Waals surface area contributed by atoms with Gasteiger partial charge < -0.3 is 19.5 Å². The normalized spacial score (nSPS) is 14.7. The zero-order valence-corrected chi connectivity index (χ0v) is 21.1. The van der Waals surface area contributed by atoms with Gasteiger partial charge in [-0.1, -0.05) is 35.6 Å². The molecule has 34 heavy (non-hydrogen) atoms. The van der Waals surface area contributed by atoms with Gasteiger partial charge >= 0.3 is 0 Å². The Balaban J connectivity index is 1.48. The fourth-order valence-electron chi connectivity index (χ4n) is 3.61. The van der Waals surface area contributed by atoms with Gasteiger partial charge in [0.25, 0.3) is 5.91 Å². The maximum absolute atomic E-state index is 13.1. The molecule has 1 amide bonds. The van der Waals surface area contributed by atoms with Crippen molar-refractivity contribution in [3.8, 4) is 17.2 Å². The monoisotopic (exact) mass is 515 g/mol. The lowest BCUT2D eigenvalue weighted by molar-refractivity contribution is -0.122. The van der Waals surface area contributed by atoms with Crippen molar-refractivity contribution in [3.63, 3.8) is 0 Å². The first kappa shape index (κ1) is 24.1. The molecule has 1 aliphatic heterocycles. The van der Waals surface area contributed by atoms with Crippen LogP contribution in [0.1, 0.15) is 5.56 Å². The smallest absolute Gasteiger partial charge is 0.266 e. The second-order valence-electron chi connectivity index (χ2n) is 7.24. The topological polar surface area (TPSA) is 72.9 Å². The Morgan fingerprint density at radius 1 is 1.12 bits per heavy atom. The summed E-state index contributed by atoms with van der Waals surface area (Å²) in [5.41, 5.74) is 2.46. The van der Waals surface area contributed by atoms with Crippen molar-refractivity contribution in [1.29, 1.82) is 0 Å². The SMILES string of the molecule is COc1cc(/C=C2\SC(=S)N(CCNc3ccnc4cc(Cl)ccc34)C2=O)cc(OC)c1OC. The predicted octanol–water partition coefficient (Wildman–Crippen LogP) is 5.23. The summed E-state index contributed by atoms with van der Waals surface area (Å²) in [6.45, 7) is 0.945. The van der Waals surface area contributed by atoms with E-state index in [-0.39, 0.29) is 5.91 Å². The van der Waals surface area contributed by atoms with E-state index in [4.69, 9.17) is 38.0 Å². The maximum atomic E-state index is 13.1. The van der Waals surface area contributed by atoms with E-state index in [0.717, 1.165) is 22.2 Å². The Morgan fingerprint density at radius 3 is 2.53 bits per heavy atom. The van der Waals surface area contributed by atoms with Crippen molar-refractivity contribution in [3.05, 3.63) is 58.1 Å². The van der Waals surface area contributed by atoms with E-state index in [9.17, 15) is 4.79 Å². The highest BCUT2D eigenvalue weighted by Crippen LogP contribution is 2.40. The summed E-state index contributed by atoms with van der Waals surface area (Å²) in [7, 11) is 4.64. The predicted molar refractivity (Wildman–Crippen MR) is 141 cm³/mol. The number of halogens is 1. The average molecular weight is 516 g/mol. The van der Waals surface area contributed by atoms with Crippen LogP contribution in [0.2, 0.25) is 5.02 Å². The number of methoxy groups -OCH3 is 3. The molecule has 0 radical (unpaired) electrons. The Hall–Kier alpha value is -3.01. The standard InChI is InChI=1S/C24H22ClN3O4S2/c1-30-19-10-14(11-20(31-2)22(19)32-3)12-21-23(29)28(24(33)34-21)9-8-27-17-6-7-26-18-13-15(25)4-5-16(17)18/h4-7,10-13H,8-9H2,1-3H3,(H,26,27)/b21-12-. The zero-order valence-electron chi connectivity index (χ0n) is 18.8. The summed E-state index contributed by atoms with van der Waals surface area (Å²) in [4.78, 5) is 19.5. The second kappa shape index (κ2) is 10.5. The Kier molecular flexibility index (Phi) is 7.45. The first-order valence-corrected chi connectivity index (χ1v) is 11.9. The number of rotatable bonds is 8. The Labute approximate surface area is 212 Å². The van der Waals surface area contributed by atoms with E-state index in [0.29, 0.717) is 44.6 Å². The van der Waals surface area contributed by atoms with Crippen LogP contribution in [0.3, 0.4) is 0 Å².